The van der Waals surface area contributed by atoms with Gasteiger partial charge in [-0.1, -0.05) is 6.92 Å². The molecule has 0 amide bonds. The second-order valence-electron chi connectivity index (χ2n) is 2.38. The molecule has 0 radical (unpaired) electrons. The third kappa shape index (κ3) is 3.11. The molecule has 0 unspecified atom stereocenters. The maximum Gasteiger partial charge on any atom is 0.341 e. The first-order chi connectivity index (χ1) is 7.19. The molecule has 1 aromatic rings. The van der Waals surface area contributed by atoms with Gasteiger partial charge in [-0.2, -0.15) is 9.64 Å². The van der Waals surface area contributed by atoms with Gasteiger partial charge in [0, 0.05) is 0 Å². The average molecular weight is 244 g/mol. The molecule has 0 aromatic carbocycles. The molecule has 7 heteroatoms. The highest BCUT2D eigenvalue weighted by molar-refractivity contribution is 8.01. The SMILES string of the molecule is CCSc1snc(OCC(=O)O)c1C#N. The fourth-order valence-electron chi connectivity index (χ4n) is 0.813. The number of rotatable bonds is 5. The van der Waals surface area contributed by atoms with E-state index in [4.69, 9.17) is 15.1 Å². The van der Waals surface area contributed by atoms with E-state index < -0.39 is 12.6 Å². The van der Waals surface area contributed by atoms with Crippen LogP contribution in [0.15, 0.2) is 4.21 Å². The summed E-state index contributed by atoms with van der Waals surface area (Å²) in [5, 5.41) is 17.3. The molecule has 0 fully saturated rings. The second-order valence-corrected chi connectivity index (χ2v) is 4.68. The van der Waals surface area contributed by atoms with Crippen molar-refractivity contribution in [3.8, 4) is 11.9 Å². The lowest BCUT2D eigenvalue weighted by Crippen LogP contribution is -2.10. The predicted molar refractivity (Wildman–Crippen MR) is 56.4 cm³/mol. The summed E-state index contributed by atoms with van der Waals surface area (Å²) < 4.78 is 9.53. The number of carboxylic acids is 1. The van der Waals surface area contributed by atoms with Gasteiger partial charge < -0.3 is 9.84 Å². The van der Waals surface area contributed by atoms with Crippen molar-refractivity contribution in [2.75, 3.05) is 12.4 Å². The monoisotopic (exact) mass is 244 g/mol. The van der Waals surface area contributed by atoms with E-state index in [2.05, 4.69) is 4.37 Å². The minimum absolute atomic E-state index is 0.112. The fourth-order valence-corrected chi connectivity index (χ4v) is 2.56. The van der Waals surface area contributed by atoms with Crippen LogP contribution in [0.5, 0.6) is 5.88 Å². The summed E-state index contributed by atoms with van der Waals surface area (Å²) in [5.74, 6) is -0.146. The number of nitrogens with zero attached hydrogens (tertiary/aromatic N) is 2. The van der Waals surface area contributed by atoms with Crippen LogP contribution < -0.4 is 4.74 Å². The number of aromatic nitrogens is 1. The highest BCUT2D eigenvalue weighted by Crippen LogP contribution is 2.32. The number of ether oxygens (including phenoxy) is 1. The molecular formula is C8H8N2O3S2. The molecule has 5 nitrogen and oxygen atoms in total. The molecule has 0 atom stereocenters. The molecule has 1 N–H and O–H groups in total. The van der Waals surface area contributed by atoms with Gasteiger partial charge in [0.2, 0.25) is 5.88 Å². The van der Waals surface area contributed by atoms with Gasteiger partial charge in [0.1, 0.15) is 15.8 Å². The molecule has 0 aliphatic rings. The van der Waals surface area contributed by atoms with E-state index in [0.717, 1.165) is 21.5 Å². The quantitative estimate of drug-likeness (QED) is 0.792. The first-order valence-corrected chi connectivity index (χ1v) is 5.82. The molecule has 1 heterocycles. The number of thioether (sulfide) groups is 1. The smallest absolute Gasteiger partial charge is 0.341 e. The van der Waals surface area contributed by atoms with Gasteiger partial charge >= 0.3 is 5.97 Å². The molecule has 1 rings (SSSR count). The zero-order chi connectivity index (χ0) is 11.3. The van der Waals surface area contributed by atoms with E-state index in [1.807, 2.05) is 13.0 Å². The van der Waals surface area contributed by atoms with Crippen LogP contribution in [0, 0.1) is 11.3 Å². The van der Waals surface area contributed by atoms with Crippen molar-refractivity contribution in [1.29, 1.82) is 5.26 Å². The minimum atomic E-state index is -1.09. The maximum absolute atomic E-state index is 10.3. The standard InChI is InChI=1S/C8H8N2O3S2/c1-2-14-8-5(3-9)7(10-15-8)13-4-6(11)12/h2,4H2,1H3,(H,11,12). The number of hydrogen-bond acceptors (Lipinski definition) is 6. The topological polar surface area (TPSA) is 83.2 Å². The van der Waals surface area contributed by atoms with E-state index >= 15 is 0 Å². The van der Waals surface area contributed by atoms with Gasteiger partial charge in [0.15, 0.2) is 6.61 Å². The van der Waals surface area contributed by atoms with E-state index in [1.165, 1.54) is 11.8 Å². The fraction of sp³-hybridized carbons (Fsp3) is 0.375. The summed E-state index contributed by atoms with van der Waals surface area (Å²) in [7, 11) is 0. The van der Waals surface area contributed by atoms with Gasteiger partial charge in [0.05, 0.1) is 0 Å². The van der Waals surface area contributed by atoms with Gasteiger partial charge in [-0.25, -0.2) is 4.79 Å². The van der Waals surface area contributed by atoms with Crippen LogP contribution in [-0.4, -0.2) is 27.8 Å². The van der Waals surface area contributed by atoms with E-state index in [9.17, 15) is 4.79 Å². The minimum Gasteiger partial charge on any atom is -0.479 e. The van der Waals surface area contributed by atoms with Crippen LogP contribution in [0.3, 0.4) is 0 Å². The third-order valence-corrected chi connectivity index (χ3v) is 3.31. The Morgan fingerprint density at radius 2 is 2.53 bits per heavy atom. The summed E-state index contributed by atoms with van der Waals surface area (Å²) in [6.07, 6.45) is 0. The van der Waals surface area contributed by atoms with Crippen molar-refractivity contribution in [2.24, 2.45) is 0 Å². The maximum atomic E-state index is 10.3. The van der Waals surface area contributed by atoms with Crippen molar-refractivity contribution in [2.45, 2.75) is 11.1 Å². The number of carboxylic acid groups (broad SMARTS) is 1. The first-order valence-electron chi connectivity index (χ1n) is 4.06. The Labute approximate surface area is 94.8 Å². The Bertz CT molecular complexity index is 397. The molecule has 1 aromatic heterocycles. The van der Waals surface area contributed by atoms with E-state index in [1.54, 1.807) is 0 Å². The third-order valence-electron chi connectivity index (χ3n) is 1.35. The molecule has 0 saturated carbocycles. The summed E-state index contributed by atoms with van der Waals surface area (Å²) in [6.45, 7) is 1.48. The highest BCUT2D eigenvalue weighted by atomic mass is 32.2. The average Bonchev–Trinajstić information content (AvgIpc) is 2.58. The lowest BCUT2D eigenvalue weighted by atomic mass is 10.4. The predicted octanol–water partition coefficient (Wildman–Crippen LogP) is 1.59. The van der Waals surface area contributed by atoms with Crippen molar-refractivity contribution in [3.63, 3.8) is 0 Å². The molecule has 15 heavy (non-hydrogen) atoms. The number of carbonyl (C=O) groups is 1. The van der Waals surface area contributed by atoms with Gasteiger partial charge in [-0.05, 0) is 17.3 Å². The summed E-state index contributed by atoms with van der Waals surface area (Å²) in [4.78, 5) is 10.3. The Morgan fingerprint density at radius 3 is 3.07 bits per heavy atom. The Kier molecular flexibility index (Phi) is 4.39. The largest absolute Gasteiger partial charge is 0.479 e. The second kappa shape index (κ2) is 5.58. The van der Waals surface area contributed by atoms with Crippen LogP contribution in [0.25, 0.3) is 0 Å². The number of hydrogen-bond donors (Lipinski definition) is 1. The molecule has 0 spiro atoms. The molecule has 0 aliphatic heterocycles. The van der Waals surface area contributed by atoms with Gasteiger partial charge in [0.25, 0.3) is 0 Å². The van der Waals surface area contributed by atoms with Crippen molar-refractivity contribution in [1.82, 2.24) is 4.37 Å². The first kappa shape index (κ1) is 11.8. The van der Waals surface area contributed by atoms with Crippen molar-refractivity contribution in [3.05, 3.63) is 5.56 Å². The van der Waals surface area contributed by atoms with Gasteiger partial charge in [-0.3, -0.25) is 0 Å². The molecular weight excluding hydrogens is 236 g/mol. The Morgan fingerprint density at radius 1 is 1.80 bits per heavy atom. The molecule has 80 valence electrons. The van der Waals surface area contributed by atoms with E-state index in [0.29, 0.717) is 5.56 Å². The summed E-state index contributed by atoms with van der Waals surface area (Å²) >= 11 is 2.64. The highest BCUT2D eigenvalue weighted by Gasteiger charge is 2.15. The van der Waals surface area contributed by atoms with Crippen molar-refractivity contribution >= 4 is 29.3 Å². The summed E-state index contributed by atoms with van der Waals surface area (Å²) in [5.41, 5.74) is 0.327. The molecule has 0 saturated heterocycles. The van der Waals surface area contributed by atoms with Crippen LogP contribution in [-0.2, 0) is 4.79 Å². The Hall–Kier alpha value is -1.26. The van der Waals surface area contributed by atoms with Crippen LogP contribution in [0.1, 0.15) is 12.5 Å². The normalized spacial score (nSPS) is 9.60. The number of nitriles is 1. The lowest BCUT2D eigenvalue weighted by Gasteiger charge is -1.98. The zero-order valence-electron chi connectivity index (χ0n) is 7.89. The number of aliphatic carboxylic acids is 1. The van der Waals surface area contributed by atoms with Crippen molar-refractivity contribution < 1.29 is 14.6 Å². The van der Waals surface area contributed by atoms with Gasteiger partial charge in [-0.15, -0.1) is 11.8 Å². The molecule has 0 aliphatic carbocycles. The molecule has 0 bridgehead atoms. The Balaban J connectivity index is 2.80. The summed E-state index contributed by atoms with van der Waals surface area (Å²) in [6, 6.07) is 1.96. The lowest BCUT2D eigenvalue weighted by molar-refractivity contribution is -0.139. The van der Waals surface area contributed by atoms with Crippen LogP contribution in [0.2, 0.25) is 0 Å². The zero-order valence-corrected chi connectivity index (χ0v) is 9.52. The van der Waals surface area contributed by atoms with Crippen LogP contribution >= 0.6 is 23.3 Å². The van der Waals surface area contributed by atoms with E-state index in [-0.39, 0.29) is 5.88 Å². The van der Waals surface area contributed by atoms with Crippen LogP contribution in [0.4, 0.5) is 0 Å².